The molecule has 0 saturated carbocycles. The molecule has 0 aromatic carbocycles. The van der Waals surface area contributed by atoms with Crippen molar-refractivity contribution in [2.24, 2.45) is 0 Å². The van der Waals surface area contributed by atoms with E-state index < -0.39 is 0 Å². The molecule has 0 bridgehead atoms. The summed E-state index contributed by atoms with van der Waals surface area (Å²) in [6.45, 7) is 6.69. The maximum atomic E-state index is 8.93. The van der Waals surface area contributed by atoms with Crippen molar-refractivity contribution in [1.29, 1.82) is 0 Å². The van der Waals surface area contributed by atoms with Crippen LogP contribution in [-0.2, 0) is 5.41 Å². The van der Waals surface area contributed by atoms with Crippen LogP contribution in [0.2, 0.25) is 0 Å². The van der Waals surface area contributed by atoms with Gasteiger partial charge in [-0.15, -0.1) is 11.3 Å². The number of hydrogen-bond donors (Lipinski definition) is 1. The van der Waals surface area contributed by atoms with Gasteiger partial charge in [0.05, 0.1) is 0 Å². The Bertz CT molecular complexity index is 272. The van der Waals surface area contributed by atoms with Gasteiger partial charge in [0.25, 0.3) is 0 Å². The van der Waals surface area contributed by atoms with Gasteiger partial charge in [-0.3, -0.25) is 0 Å². The van der Waals surface area contributed by atoms with Crippen molar-refractivity contribution < 1.29 is 5.11 Å². The molecule has 3 heteroatoms. The highest BCUT2D eigenvalue weighted by atomic mass is 79.9. The first kappa shape index (κ1) is 11.2. The van der Waals surface area contributed by atoms with Crippen molar-refractivity contribution in [2.75, 3.05) is 6.61 Å². The van der Waals surface area contributed by atoms with Gasteiger partial charge in [-0.1, -0.05) is 13.8 Å². The van der Waals surface area contributed by atoms with Gasteiger partial charge >= 0.3 is 0 Å². The summed E-state index contributed by atoms with van der Waals surface area (Å²) in [5.74, 6) is 0. The zero-order valence-corrected chi connectivity index (χ0v) is 10.6. The summed E-state index contributed by atoms with van der Waals surface area (Å²) >= 11 is 5.31. The monoisotopic (exact) mass is 262 g/mol. The summed E-state index contributed by atoms with van der Waals surface area (Å²) in [4.78, 5) is 2.65. The summed E-state index contributed by atoms with van der Waals surface area (Å²) in [7, 11) is 0. The smallest absolute Gasteiger partial charge is 0.0439 e. The number of rotatable bonds is 3. The van der Waals surface area contributed by atoms with Crippen LogP contribution in [0.4, 0.5) is 0 Å². The Kier molecular flexibility index (Phi) is 3.55. The van der Waals surface area contributed by atoms with E-state index in [1.54, 1.807) is 11.3 Å². The van der Waals surface area contributed by atoms with Crippen LogP contribution >= 0.6 is 27.3 Å². The van der Waals surface area contributed by atoms with Gasteiger partial charge in [-0.2, -0.15) is 0 Å². The standard InChI is InChI=1S/C10H15BrOS/c1-7-8(11)6-9(13-7)10(2,3)4-5-12/h6,12H,4-5H2,1-3H3. The van der Waals surface area contributed by atoms with Crippen LogP contribution in [0, 0.1) is 6.92 Å². The molecule has 0 radical (unpaired) electrons. The Morgan fingerprint density at radius 3 is 2.54 bits per heavy atom. The fourth-order valence-corrected chi connectivity index (χ4v) is 2.86. The second-order valence-corrected chi connectivity index (χ2v) is 5.98. The largest absolute Gasteiger partial charge is 0.396 e. The molecule has 0 fully saturated rings. The number of hydrogen-bond acceptors (Lipinski definition) is 2. The van der Waals surface area contributed by atoms with Crippen LogP contribution in [0.15, 0.2) is 10.5 Å². The molecule has 1 rings (SSSR count). The quantitative estimate of drug-likeness (QED) is 0.885. The molecule has 1 aromatic heterocycles. The fraction of sp³-hybridized carbons (Fsp3) is 0.600. The Labute approximate surface area is 91.9 Å². The molecule has 0 aliphatic heterocycles. The van der Waals surface area contributed by atoms with E-state index in [-0.39, 0.29) is 12.0 Å². The lowest BCUT2D eigenvalue weighted by molar-refractivity contribution is 0.254. The second-order valence-electron chi connectivity index (χ2n) is 3.87. The van der Waals surface area contributed by atoms with Crippen LogP contribution < -0.4 is 0 Å². The first-order chi connectivity index (χ1) is 5.97. The third kappa shape index (κ3) is 2.55. The van der Waals surface area contributed by atoms with Gasteiger partial charge in [0.1, 0.15) is 0 Å². The first-order valence-corrected chi connectivity index (χ1v) is 5.95. The molecule has 1 nitrogen and oxygen atoms in total. The fourth-order valence-electron chi connectivity index (χ4n) is 1.20. The third-order valence-electron chi connectivity index (χ3n) is 2.26. The van der Waals surface area contributed by atoms with Crippen molar-refractivity contribution in [3.63, 3.8) is 0 Å². The molecule has 0 unspecified atom stereocenters. The maximum absolute atomic E-state index is 8.93. The lowest BCUT2D eigenvalue weighted by Crippen LogP contribution is -2.16. The van der Waals surface area contributed by atoms with Gasteiger partial charge < -0.3 is 5.11 Å². The molecule has 0 saturated heterocycles. The molecule has 0 spiro atoms. The molecule has 0 atom stereocenters. The van der Waals surface area contributed by atoms with Crippen LogP contribution in [0.25, 0.3) is 0 Å². The summed E-state index contributed by atoms with van der Waals surface area (Å²) in [5.41, 5.74) is 0.0934. The molecule has 1 N–H and O–H groups in total. The van der Waals surface area contributed by atoms with E-state index in [9.17, 15) is 0 Å². The van der Waals surface area contributed by atoms with E-state index in [1.165, 1.54) is 14.2 Å². The lowest BCUT2D eigenvalue weighted by Gasteiger charge is -2.21. The van der Waals surface area contributed by atoms with Gasteiger partial charge in [-0.25, -0.2) is 0 Å². The van der Waals surface area contributed by atoms with Gasteiger partial charge in [0.15, 0.2) is 0 Å². The first-order valence-electron chi connectivity index (χ1n) is 4.34. The lowest BCUT2D eigenvalue weighted by atomic mass is 9.88. The summed E-state index contributed by atoms with van der Waals surface area (Å²) in [6, 6.07) is 2.16. The van der Waals surface area contributed by atoms with Crippen LogP contribution in [0.3, 0.4) is 0 Å². The molecule has 0 aliphatic carbocycles. The molecule has 0 amide bonds. The van der Waals surface area contributed by atoms with Gasteiger partial charge in [-0.05, 0) is 35.3 Å². The minimum Gasteiger partial charge on any atom is -0.396 e. The zero-order valence-electron chi connectivity index (χ0n) is 8.22. The third-order valence-corrected chi connectivity index (χ3v) is 4.76. The Balaban J connectivity index is 2.93. The molecule has 13 heavy (non-hydrogen) atoms. The summed E-state index contributed by atoms with van der Waals surface area (Å²) in [5, 5.41) is 8.93. The molecule has 0 aliphatic rings. The number of aliphatic hydroxyl groups excluding tert-OH is 1. The highest BCUT2D eigenvalue weighted by Crippen LogP contribution is 2.36. The number of aliphatic hydroxyl groups is 1. The molecule has 1 aromatic rings. The predicted molar refractivity (Wildman–Crippen MR) is 61.5 cm³/mol. The van der Waals surface area contributed by atoms with E-state index in [4.69, 9.17) is 5.11 Å². The Morgan fingerprint density at radius 1 is 1.54 bits per heavy atom. The van der Waals surface area contributed by atoms with Gasteiger partial charge in [0, 0.05) is 26.2 Å². The molecule has 74 valence electrons. The normalized spacial score (nSPS) is 12.1. The van der Waals surface area contributed by atoms with Gasteiger partial charge in [0.2, 0.25) is 0 Å². The number of halogens is 1. The highest BCUT2D eigenvalue weighted by molar-refractivity contribution is 9.10. The zero-order chi connectivity index (χ0) is 10.1. The highest BCUT2D eigenvalue weighted by Gasteiger charge is 2.22. The van der Waals surface area contributed by atoms with Crippen LogP contribution in [0.1, 0.15) is 30.0 Å². The topological polar surface area (TPSA) is 20.2 Å². The molecular formula is C10H15BrOS. The Hall–Kier alpha value is 0.140. The number of aryl methyl sites for hydroxylation is 1. The van der Waals surface area contributed by atoms with Crippen molar-refractivity contribution in [2.45, 2.75) is 32.6 Å². The van der Waals surface area contributed by atoms with Crippen LogP contribution in [-0.4, -0.2) is 11.7 Å². The van der Waals surface area contributed by atoms with E-state index in [0.717, 1.165) is 6.42 Å². The summed E-state index contributed by atoms with van der Waals surface area (Å²) in [6.07, 6.45) is 0.819. The second kappa shape index (κ2) is 4.11. The van der Waals surface area contributed by atoms with Crippen molar-refractivity contribution in [3.05, 3.63) is 20.3 Å². The maximum Gasteiger partial charge on any atom is 0.0439 e. The van der Waals surface area contributed by atoms with E-state index in [0.29, 0.717) is 0 Å². The summed E-state index contributed by atoms with van der Waals surface area (Å²) < 4.78 is 1.18. The van der Waals surface area contributed by atoms with E-state index in [1.807, 2.05) is 0 Å². The average Bonchev–Trinajstić information content (AvgIpc) is 2.33. The van der Waals surface area contributed by atoms with Crippen molar-refractivity contribution in [3.8, 4) is 0 Å². The van der Waals surface area contributed by atoms with E-state index >= 15 is 0 Å². The SMILES string of the molecule is Cc1sc(C(C)(C)CCO)cc1Br. The van der Waals surface area contributed by atoms with Crippen molar-refractivity contribution in [1.82, 2.24) is 0 Å². The predicted octanol–water partition coefficient (Wildman–Crippen LogP) is 3.48. The average molecular weight is 263 g/mol. The minimum atomic E-state index is 0.0934. The minimum absolute atomic E-state index is 0.0934. The van der Waals surface area contributed by atoms with Crippen molar-refractivity contribution >= 4 is 27.3 Å². The van der Waals surface area contributed by atoms with Crippen LogP contribution in [0.5, 0.6) is 0 Å². The Morgan fingerprint density at radius 2 is 2.15 bits per heavy atom. The molecular weight excluding hydrogens is 248 g/mol. The number of thiophene rings is 1. The molecule has 1 heterocycles. The van der Waals surface area contributed by atoms with E-state index in [2.05, 4.69) is 42.8 Å².